The number of aromatic amines is 1. The maximum absolute atomic E-state index is 12.3. The summed E-state index contributed by atoms with van der Waals surface area (Å²) in [5, 5.41) is 18.9. The zero-order chi connectivity index (χ0) is 16.5. The summed E-state index contributed by atoms with van der Waals surface area (Å²) >= 11 is 0. The highest BCUT2D eigenvalue weighted by Gasteiger charge is 2.13. The lowest BCUT2D eigenvalue weighted by Gasteiger charge is -2.02. The van der Waals surface area contributed by atoms with E-state index in [4.69, 9.17) is 0 Å². The molecule has 0 aliphatic heterocycles. The van der Waals surface area contributed by atoms with E-state index in [0.29, 0.717) is 11.3 Å². The van der Waals surface area contributed by atoms with Gasteiger partial charge >= 0.3 is 0 Å². The first kappa shape index (κ1) is 14.1. The van der Waals surface area contributed by atoms with Crippen LogP contribution in [0.5, 0.6) is 0 Å². The molecular weight excluding hydrogens is 306 g/mol. The van der Waals surface area contributed by atoms with E-state index in [1.807, 2.05) is 43.3 Å². The molecule has 0 unspecified atom stereocenters. The predicted molar refractivity (Wildman–Crippen MR) is 87.9 cm³/mol. The molecular formula is C16H13N7O. The second-order valence-corrected chi connectivity index (χ2v) is 5.25. The second kappa shape index (κ2) is 5.58. The number of pyridine rings is 1. The molecule has 0 saturated heterocycles. The van der Waals surface area contributed by atoms with Crippen LogP contribution in [0.3, 0.4) is 0 Å². The Kier molecular flexibility index (Phi) is 3.27. The monoisotopic (exact) mass is 319 g/mol. The minimum Gasteiger partial charge on any atom is -0.319 e. The van der Waals surface area contributed by atoms with Crippen molar-refractivity contribution in [3.8, 4) is 5.69 Å². The van der Waals surface area contributed by atoms with E-state index in [9.17, 15) is 4.79 Å². The number of aryl methyl sites for hydroxylation is 1. The molecule has 0 aliphatic rings. The lowest BCUT2D eigenvalue weighted by atomic mass is 10.2. The van der Waals surface area contributed by atoms with Gasteiger partial charge < -0.3 is 5.32 Å². The minimum absolute atomic E-state index is 0.225. The minimum atomic E-state index is -0.348. The quantitative estimate of drug-likeness (QED) is 0.602. The predicted octanol–water partition coefficient (Wildman–Crippen LogP) is 2.10. The molecule has 0 spiro atoms. The molecule has 0 radical (unpaired) electrons. The van der Waals surface area contributed by atoms with Crippen LogP contribution in [0.15, 0.2) is 48.8 Å². The van der Waals surface area contributed by atoms with Gasteiger partial charge in [-0.25, -0.2) is 4.98 Å². The van der Waals surface area contributed by atoms with E-state index >= 15 is 0 Å². The number of carbonyl (C=O) groups excluding carboxylic acids is 1. The second-order valence-electron chi connectivity index (χ2n) is 5.25. The Balaban J connectivity index is 1.57. The molecule has 3 heterocycles. The van der Waals surface area contributed by atoms with Crippen LogP contribution < -0.4 is 5.32 Å². The lowest BCUT2D eigenvalue weighted by Crippen LogP contribution is -2.13. The molecule has 2 N–H and O–H groups in total. The van der Waals surface area contributed by atoms with Crippen molar-refractivity contribution in [1.29, 1.82) is 0 Å². The average molecular weight is 319 g/mol. The fourth-order valence-corrected chi connectivity index (χ4v) is 2.34. The number of anilines is 1. The summed E-state index contributed by atoms with van der Waals surface area (Å²) in [4.78, 5) is 18.0. The van der Waals surface area contributed by atoms with Crippen molar-refractivity contribution in [2.24, 2.45) is 0 Å². The number of para-hydroxylation sites is 1. The van der Waals surface area contributed by atoms with E-state index in [1.54, 1.807) is 6.20 Å². The van der Waals surface area contributed by atoms with Crippen LogP contribution in [0.2, 0.25) is 0 Å². The molecule has 4 rings (SSSR count). The SMILES string of the molecule is Cc1[nH]nc2ncc(NC(=O)c3cnn(-c4ccccc4)n3)cc12. The number of fused-ring (bicyclic) bond motifs is 1. The molecule has 8 nitrogen and oxygen atoms in total. The van der Waals surface area contributed by atoms with Crippen LogP contribution in [-0.4, -0.2) is 36.1 Å². The first-order valence-electron chi connectivity index (χ1n) is 7.30. The maximum atomic E-state index is 12.3. The highest BCUT2D eigenvalue weighted by atomic mass is 16.2. The summed E-state index contributed by atoms with van der Waals surface area (Å²) < 4.78 is 0. The number of hydrogen-bond donors (Lipinski definition) is 2. The van der Waals surface area contributed by atoms with Crippen LogP contribution in [-0.2, 0) is 0 Å². The fraction of sp³-hybridized carbons (Fsp3) is 0.0625. The summed E-state index contributed by atoms with van der Waals surface area (Å²) in [5.41, 5.74) is 3.09. The molecule has 1 aromatic carbocycles. The molecule has 3 aromatic heterocycles. The molecule has 0 atom stereocenters. The number of amides is 1. The number of nitrogens with one attached hydrogen (secondary N) is 2. The van der Waals surface area contributed by atoms with Crippen LogP contribution in [0.25, 0.3) is 16.7 Å². The molecule has 0 saturated carbocycles. The number of rotatable bonds is 3. The largest absolute Gasteiger partial charge is 0.319 e. The van der Waals surface area contributed by atoms with Gasteiger partial charge in [-0.05, 0) is 25.1 Å². The van der Waals surface area contributed by atoms with Gasteiger partial charge in [-0.1, -0.05) is 18.2 Å². The van der Waals surface area contributed by atoms with Crippen molar-refractivity contribution >= 4 is 22.6 Å². The van der Waals surface area contributed by atoms with Gasteiger partial charge in [0.05, 0.1) is 23.8 Å². The van der Waals surface area contributed by atoms with Gasteiger partial charge in [0, 0.05) is 11.1 Å². The Morgan fingerprint density at radius 1 is 1.21 bits per heavy atom. The Hall–Kier alpha value is -3.55. The Bertz CT molecular complexity index is 1020. The fourth-order valence-electron chi connectivity index (χ4n) is 2.34. The van der Waals surface area contributed by atoms with E-state index in [1.165, 1.54) is 11.0 Å². The zero-order valence-corrected chi connectivity index (χ0v) is 12.8. The van der Waals surface area contributed by atoms with Gasteiger partial charge in [0.1, 0.15) is 0 Å². The van der Waals surface area contributed by atoms with E-state index in [0.717, 1.165) is 16.8 Å². The number of hydrogen-bond acceptors (Lipinski definition) is 5. The number of benzene rings is 1. The van der Waals surface area contributed by atoms with Gasteiger partial charge in [-0.3, -0.25) is 9.89 Å². The van der Waals surface area contributed by atoms with Crippen molar-refractivity contribution in [2.45, 2.75) is 6.92 Å². The molecule has 118 valence electrons. The summed E-state index contributed by atoms with van der Waals surface area (Å²) in [6.45, 7) is 1.90. The van der Waals surface area contributed by atoms with E-state index in [2.05, 4.69) is 30.7 Å². The van der Waals surface area contributed by atoms with Crippen molar-refractivity contribution in [1.82, 2.24) is 30.2 Å². The number of carbonyl (C=O) groups is 1. The van der Waals surface area contributed by atoms with E-state index in [-0.39, 0.29) is 11.6 Å². The highest BCUT2D eigenvalue weighted by Crippen LogP contribution is 2.18. The van der Waals surface area contributed by atoms with Gasteiger partial charge in [0.15, 0.2) is 11.3 Å². The third-order valence-electron chi connectivity index (χ3n) is 3.57. The molecule has 8 heteroatoms. The topological polar surface area (TPSA) is 101 Å². The summed E-state index contributed by atoms with van der Waals surface area (Å²) in [7, 11) is 0. The maximum Gasteiger partial charge on any atom is 0.277 e. The molecule has 24 heavy (non-hydrogen) atoms. The molecule has 4 aromatic rings. The molecule has 0 fully saturated rings. The third kappa shape index (κ3) is 2.50. The van der Waals surface area contributed by atoms with Gasteiger partial charge in [-0.2, -0.15) is 15.0 Å². The number of nitrogens with zero attached hydrogens (tertiary/aromatic N) is 5. The summed E-state index contributed by atoms with van der Waals surface area (Å²) in [5.74, 6) is -0.348. The summed E-state index contributed by atoms with van der Waals surface area (Å²) in [6.07, 6.45) is 2.99. The first-order valence-corrected chi connectivity index (χ1v) is 7.30. The van der Waals surface area contributed by atoms with Gasteiger partial charge in [0.25, 0.3) is 5.91 Å². The molecule has 0 aliphatic carbocycles. The average Bonchev–Trinajstić information content (AvgIpc) is 3.24. The molecule has 1 amide bonds. The van der Waals surface area contributed by atoms with Crippen molar-refractivity contribution in [2.75, 3.05) is 5.32 Å². The standard InChI is InChI=1S/C16H13N7O/c1-10-13-7-11(8-17-15(13)21-20-10)19-16(24)14-9-18-23(22-14)12-5-3-2-4-6-12/h2-9H,1H3,(H,19,24)(H,17,20,21). The highest BCUT2D eigenvalue weighted by molar-refractivity contribution is 6.03. The van der Waals surface area contributed by atoms with Crippen molar-refractivity contribution in [3.63, 3.8) is 0 Å². The van der Waals surface area contributed by atoms with Crippen LogP contribution in [0, 0.1) is 6.92 Å². The first-order chi connectivity index (χ1) is 11.7. The van der Waals surface area contributed by atoms with Crippen LogP contribution >= 0.6 is 0 Å². The van der Waals surface area contributed by atoms with Crippen molar-refractivity contribution in [3.05, 3.63) is 60.2 Å². The normalized spacial score (nSPS) is 10.9. The number of H-pyrrole nitrogens is 1. The van der Waals surface area contributed by atoms with Crippen LogP contribution in [0.4, 0.5) is 5.69 Å². The van der Waals surface area contributed by atoms with E-state index < -0.39 is 0 Å². The Morgan fingerprint density at radius 3 is 2.88 bits per heavy atom. The molecule has 0 bridgehead atoms. The van der Waals surface area contributed by atoms with Gasteiger partial charge in [0.2, 0.25) is 0 Å². The van der Waals surface area contributed by atoms with Crippen molar-refractivity contribution < 1.29 is 4.79 Å². The Morgan fingerprint density at radius 2 is 2.04 bits per heavy atom. The lowest BCUT2D eigenvalue weighted by molar-refractivity contribution is 0.102. The zero-order valence-electron chi connectivity index (χ0n) is 12.8. The third-order valence-corrected chi connectivity index (χ3v) is 3.57. The van der Waals surface area contributed by atoms with Crippen LogP contribution in [0.1, 0.15) is 16.2 Å². The Labute approximate surface area is 136 Å². The summed E-state index contributed by atoms with van der Waals surface area (Å²) in [6, 6.07) is 11.2. The smallest absolute Gasteiger partial charge is 0.277 e. The van der Waals surface area contributed by atoms with Gasteiger partial charge in [-0.15, -0.1) is 5.10 Å². The number of aromatic nitrogens is 6.